The van der Waals surface area contributed by atoms with Crippen LogP contribution in [-0.2, 0) is 17.8 Å². The van der Waals surface area contributed by atoms with Crippen molar-refractivity contribution in [3.8, 4) is 0 Å². The van der Waals surface area contributed by atoms with Crippen molar-refractivity contribution in [2.75, 3.05) is 17.2 Å². The van der Waals surface area contributed by atoms with Crippen molar-refractivity contribution in [1.82, 2.24) is 9.88 Å². The Balaban J connectivity index is 1.24. The number of hydrogen-bond acceptors (Lipinski definition) is 6. The lowest BCUT2D eigenvalue weighted by atomic mass is 10.0. The fourth-order valence-electron chi connectivity index (χ4n) is 4.34. The number of hydrogen-bond donors (Lipinski definition) is 2. The number of halogens is 1. The van der Waals surface area contributed by atoms with Crippen molar-refractivity contribution in [3.63, 3.8) is 0 Å². The van der Waals surface area contributed by atoms with Crippen LogP contribution in [0.5, 0.6) is 0 Å². The Morgan fingerprint density at radius 2 is 1.74 bits per heavy atom. The van der Waals surface area contributed by atoms with Gasteiger partial charge in [-0.1, -0.05) is 60.2 Å². The maximum atomic E-state index is 13.3. The molecular weight excluding hydrogens is 520 g/mol. The predicted octanol–water partition coefficient (Wildman–Crippen LogP) is 5.29. The van der Waals surface area contributed by atoms with Crippen molar-refractivity contribution < 1.29 is 14.4 Å². The number of nitrogens with zero attached hydrogens (tertiary/aromatic N) is 2. The van der Waals surface area contributed by atoms with Gasteiger partial charge < -0.3 is 10.6 Å². The molecule has 190 valence electrons. The van der Waals surface area contributed by atoms with E-state index in [1.807, 2.05) is 36.4 Å². The zero-order valence-electron chi connectivity index (χ0n) is 20.2. The highest BCUT2D eigenvalue weighted by atomic mass is 35.5. The van der Waals surface area contributed by atoms with Gasteiger partial charge in [-0.05, 0) is 47.9 Å². The van der Waals surface area contributed by atoms with Gasteiger partial charge in [-0.3, -0.25) is 24.3 Å². The zero-order chi connectivity index (χ0) is 26.6. The largest absolute Gasteiger partial charge is 0.381 e. The number of fused-ring (bicyclic) bond motifs is 1. The van der Waals surface area contributed by atoms with Crippen LogP contribution in [0.2, 0.25) is 0 Å². The fraction of sp³-hybridized carbons (Fsp3) is 0.138. The van der Waals surface area contributed by atoms with E-state index >= 15 is 0 Å². The first-order chi connectivity index (χ1) is 18.4. The minimum atomic E-state index is -0.466. The third-order valence-electron chi connectivity index (χ3n) is 6.38. The summed E-state index contributed by atoms with van der Waals surface area (Å²) in [5, 5.41) is 6.51. The van der Waals surface area contributed by atoms with E-state index in [9.17, 15) is 14.4 Å². The predicted molar refractivity (Wildman–Crippen MR) is 151 cm³/mol. The molecule has 5 rings (SSSR count). The number of imide groups is 1. The van der Waals surface area contributed by atoms with Crippen LogP contribution in [0.4, 0.5) is 11.4 Å². The molecule has 0 atom stereocenters. The first-order valence-electron chi connectivity index (χ1n) is 12.0. The molecular formula is C29H23ClN4O3S. The molecule has 1 aliphatic heterocycles. The Labute approximate surface area is 230 Å². The number of rotatable bonds is 8. The first kappa shape index (κ1) is 25.5. The van der Waals surface area contributed by atoms with Crippen molar-refractivity contribution in [1.29, 1.82) is 0 Å². The third kappa shape index (κ3) is 5.41. The summed E-state index contributed by atoms with van der Waals surface area (Å²) >= 11 is 11.3. The van der Waals surface area contributed by atoms with Gasteiger partial charge in [-0.25, -0.2) is 0 Å². The molecule has 0 saturated heterocycles. The van der Waals surface area contributed by atoms with Gasteiger partial charge in [-0.15, -0.1) is 0 Å². The van der Waals surface area contributed by atoms with E-state index in [4.69, 9.17) is 23.8 Å². The topological polar surface area (TPSA) is 91.4 Å². The van der Waals surface area contributed by atoms with Gasteiger partial charge in [0.1, 0.15) is 0 Å². The van der Waals surface area contributed by atoms with E-state index in [0.29, 0.717) is 29.3 Å². The van der Waals surface area contributed by atoms with Crippen molar-refractivity contribution in [2.45, 2.75) is 19.4 Å². The number of carbonyl (C=O) groups excluding carboxylic acids is 3. The maximum absolute atomic E-state index is 13.3. The molecule has 1 aromatic heterocycles. The molecule has 3 amide bonds. The van der Waals surface area contributed by atoms with Crippen LogP contribution in [-0.4, -0.2) is 39.0 Å². The number of nitrogens with one attached hydrogen (secondary N) is 2. The number of benzene rings is 2. The second-order valence-corrected chi connectivity index (χ2v) is 9.80. The van der Waals surface area contributed by atoms with Gasteiger partial charge >= 0.3 is 0 Å². The average Bonchev–Trinajstić information content (AvgIpc) is 3.18. The number of pyridine rings is 1. The number of carbonyl (C=O) groups is 3. The Hall–Kier alpha value is -4.14. The second kappa shape index (κ2) is 11.1. The van der Waals surface area contributed by atoms with Gasteiger partial charge in [0.05, 0.1) is 22.4 Å². The van der Waals surface area contributed by atoms with E-state index in [2.05, 4.69) is 15.6 Å². The monoisotopic (exact) mass is 542 g/mol. The molecule has 2 N–H and O–H groups in total. The summed E-state index contributed by atoms with van der Waals surface area (Å²) in [6.07, 6.45) is 7.61. The van der Waals surface area contributed by atoms with E-state index in [1.54, 1.807) is 36.7 Å². The summed E-state index contributed by atoms with van der Waals surface area (Å²) in [6.45, 7) is 0.894. The molecule has 7 nitrogen and oxygen atoms in total. The normalized spacial score (nSPS) is 14.7. The quantitative estimate of drug-likeness (QED) is 0.297. The second-order valence-electron chi connectivity index (χ2n) is 8.87. The Morgan fingerprint density at radius 3 is 2.50 bits per heavy atom. The molecule has 9 heteroatoms. The van der Waals surface area contributed by atoms with Gasteiger partial charge in [-0.2, -0.15) is 0 Å². The zero-order valence-corrected chi connectivity index (χ0v) is 21.8. The molecule has 0 unspecified atom stereocenters. The van der Waals surface area contributed by atoms with E-state index < -0.39 is 11.8 Å². The lowest BCUT2D eigenvalue weighted by Gasteiger charge is -2.15. The fourth-order valence-corrected chi connectivity index (χ4v) is 4.76. The average molecular weight is 543 g/mol. The molecule has 0 fully saturated rings. The molecule has 2 heterocycles. The maximum Gasteiger partial charge on any atom is 0.263 e. The van der Waals surface area contributed by atoms with E-state index in [0.717, 1.165) is 16.8 Å². The lowest BCUT2D eigenvalue weighted by molar-refractivity contribution is -0.112. The molecule has 0 saturated carbocycles. The van der Waals surface area contributed by atoms with Gasteiger partial charge in [0, 0.05) is 47.5 Å². The third-order valence-corrected chi connectivity index (χ3v) is 7.03. The molecule has 2 aromatic carbocycles. The number of anilines is 2. The van der Waals surface area contributed by atoms with Crippen LogP contribution >= 0.6 is 23.8 Å². The summed E-state index contributed by atoms with van der Waals surface area (Å²) in [7, 11) is 0. The highest BCUT2D eigenvalue weighted by Crippen LogP contribution is 2.30. The number of aromatic nitrogens is 1. The Bertz CT molecular complexity index is 1500. The van der Waals surface area contributed by atoms with Crippen molar-refractivity contribution in [2.24, 2.45) is 0 Å². The number of allylic oxidation sites excluding steroid dienone is 3. The van der Waals surface area contributed by atoms with Gasteiger partial charge in [0.2, 0.25) is 0 Å². The summed E-state index contributed by atoms with van der Waals surface area (Å²) in [4.78, 5) is 44.9. The molecule has 0 spiro atoms. The van der Waals surface area contributed by atoms with Crippen LogP contribution in [0.25, 0.3) is 0 Å². The molecule has 2 aliphatic rings. The minimum absolute atomic E-state index is 0.187. The SMILES string of the molecule is O=C(Nc1cccc2c1C(=O)N(CCc1ccc(CNc3ccncc3)cc1)C2=O)C1=CC(Cl)=CCC1=S. The summed E-state index contributed by atoms with van der Waals surface area (Å²) in [5.74, 6) is -1.28. The summed E-state index contributed by atoms with van der Waals surface area (Å²) in [6, 6.07) is 16.7. The van der Waals surface area contributed by atoms with Crippen LogP contribution < -0.4 is 10.6 Å². The standard InChI is InChI=1S/C29H23ClN4O3S/c30-20-8-9-25(38)23(16-20)27(35)33-24-3-1-2-22-26(24)29(37)34(28(22)36)15-12-18-4-6-19(7-5-18)17-32-21-10-13-31-14-11-21/h1-8,10-11,13-14,16H,9,12,15,17H2,(H,31,32)(H,33,35). The molecule has 3 aromatic rings. The Morgan fingerprint density at radius 1 is 1.00 bits per heavy atom. The molecule has 0 bridgehead atoms. The van der Waals surface area contributed by atoms with Crippen LogP contribution in [0, 0.1) is 0 Å². The van der Waals surface area contributed by atoms with E-state index in [1.165, 1.54) is 11.0 Å². The molecule has 0 radical (unpaired) electrons. The van der Waals surface area contributed by atoms with Crippen LogP contribution in [0.15, 0.2) is 89.7 Å². The first-order valence-corrected chi connectivity index (χ1v) is 12.8. The van der Waals surface area contributed by atoms with Gasteiger partial charge in [0.25, 0.3) is 17.7 Å². The smallest absolute Gasteiger partial charge is 0.263 e. The lowest BCUT2D eigenvalue weighted by Crippen LogP contribution is -2.32. The number of amides is 3. The molecule has 1 aliphatic carbocycles. The van der Waals surface area contributed by atoms with Gasteiger partial charge in [0.15, 0.2) is 0 Å². The number of thiocarbonyl (C=S) groups is 1. The summed E-state index contributed by atoms with van der Waals surface area (Å²) in [5.41, 5.74) is 4.10. The van der Waals surface area contributed by atoms with Crippen molar-refractivity contribution >= 4 is 57.8 Å². The minimum Gasteiger partial charge on any atom is -0.381 e. The van der Waals surface area contributed by atoms with Crippen LogP contribution in [0.3, 0.4) is 0 Å². The Kier molecular flexibility index (Phi) is 7.44. The van der Waals surface area contributed by atoms with E-state index in [-0.39, 0.29) is 34.8 Å². The van der Waals surface area contributed by atoms with Crippen LogP contribution in [0.1, 0.15) is 38.3 Å². The molecule has 38 heavy (non-hydrogen) atoms. The highest BCUT2D eigenvalue weighted by Gasteiger charge is 2.37. The van der Waals surface area contributed by atoms with Crippen molar-refractivity contribution in [3.05, 3.63) is 112 Å². The summed E-state index contributed by atoms with van der Waals surface area (Å²) < 4.78 is 0. The highest BCUT2D eigenvalue weighted by molar-refractivity contribution is 7.81.